The number of rotatable bonds is 4. The van der Waals surface area contributed by atoms with Crippen molar-refractivity contribution in [2.45, 2.75) is 45.7 Å². The molecule has 4 nitrogen and oxygen atoms in total. The van der Waals surface area contributed by atoms with E-state index in [1.54, 1.807) is 0 Å². The zero-order chi connectivity index (χ0) is 13.2. The Morgan fingerprint density at radius 3 is 2.53 bits per heavy atom. The first-order valence-corrected chi connectivity index (χ1v) is 6.42. The Morgan fingerprint density at radius 2 is 2.06 bits per heavy atom. The number of hydrogen-bond donors (Lipinski definition) is 1. The van der Waals surface area contributed by atoms with Crippen LogP contribution in [-0.2, 0) is 4.79 Å². The fourth-order valence-corrected chi connectivity index (χ4v) is 2.26. The number of aliphatic hydroxyl groups excluding tert-OH is 1. The van der Waals surface area contributed by atoms with E-state index in [1.807, 2.05) is 16.8 Å². The summed E-state index contributed by atoms with van der Waals surface area (Å²) < 4.78 is 0. The van der Waals surface area contributed by atoms with Crippen LogP contribution in [0.3, 0.4) is 0 Å². The SMILES string of the molecule is CC(C)CCN1CC(C)(C)N(C)C(CO)C1=O. The normalized spacial score (nSPS) is 25.7. The second-order valence-corrected chi connectivity index (χ2v) is 6.06. The van der Waals surface area contributed by atoms with E-state index >= 15 is 0 Å². The number of likely N-dealkylation sites (N-methyl/N-ethyl adjacent to an activating group) is 1. The monoisotopic (exact) mass is 242 g/mol. The van der Waals surface area contributed by atoms with Gasteiger partial charge in [0.1, 0.15) is 6.04 Å². The molecule has 0 radical (unpaired) electrons. The topological polar surface area (TPSA) is 43.8 Å². The summed E-state index contributed by atoms with van der Waals surface area (Å²) in [5.41, 5.74) is -0.0711. The second kappa shape index (κ2) is 5.36. The molecule has 1 N–H and O–H groups in total. The molecule has 0 aromatic rings. The Kier molecular flexibility index (Phi) is 4.55. The highest BCUT2D eigenvalue weighted by atomic mass is 16.3. The number of nitrogens with zero attached hydrogens (tertiary/aromatic N) is 2. The van der Waals surface area contributed by atoms with Crippen LogP contribution in [-0.4, -0.2) is 59.1 Å². The van der Waals surface area contributed by atoms with Gasteiger partial charge < -0.3 is 10.0 Å². The van der Waals surface area contributed by atoms with Gasteiger partial charge in [0.15, 0.2) is 0 Å². The maximum Gasteiger partial charge on any atom is 0.242 e. The van der Waals surface area contributed by atoms with Crippen LogP contribution in [0.1, 0.15) is 34.1 Å². The van der Waals surface area contributed by atoms with Gasteiger partial charge in [0.25, 0.3) is 0 Å². The third kappa shape index (κ3) is 3.19. The third-order valence-corrected chi connectivity index (χ3v) is 3.75. The molecule has 1 atom stereocenters. The molecule has 1 aliphatic rings. The fourth-order valence-electron chi connectivity index (χ4n) is 2.26. The summed E-state index contributed by atoms with van der Waals surface area (Å²) in [5, 5.41) is 9.37. The van der Waals surface area contributed by atoms with Crippen molar-refractivity contribution >= 4 is 5.91 Å². The largest absolute Gasteiger partial charge is 0.394 e. The van der Waals surface area contributed by atoms with Gasteiger partial charge in [0, 0.05) is 18.6 Å². The maximum atomic E-state index is 12.2. The highest BCUT2D eigenvalue weighted by molar-refractivity contribution is 5.83. The molecule has 0 spiro atoms. The molecule has 1 aliphatic heterocycles. The molecular weight excluding hydrogens is 216 g/mol. The minimum atomic E-state index is -0.383. The van der Waals surface area contributed by atoms with Crippen LogP contribution in [0.25, 0.3) is 0 Å². The molecule has 0 bridgehead atoms. The number of carbonyl (C=O) groups is 1. The molecule has 1 fully saturated rings. The predicted molar refractivity (Wildman–Crippen MR) is 68.8 cm³/mol. The molecule has 1 saturated heterocycles. The lowest BCUT2D eigenvalue weighted by Crippen LogP contribution is -2.66. The molecule has 1 unspecified atom stereocenters. The molecule has 1 rings (SSSR count). The standard InChI is InChI=1S/C13H26N2O2/c1-10(2)6-7-15-9-13(3,4)14(5)11(8-16)12(15)17/h10-11,16H,6-9H2,1-5H3. The smallest absolute Gasteiger partial charge is 0.242 e. The highest BCUT2D eigenvalue weighted by Gasteiger charge is 2.42. The van der Waals surface area contributed by atoms with Crippen molar-refractivity contribution in [3.63, 3.8) is 0 Å². The van der Waals surface area contributed by atoms with Crippen LogP contribution < -0.4 is 0 Å². The van der Waals surface area contributed by atoms with Crippen LogP contribution >= 0.6 is 0 Å². The first kappa shape index (κ1) is 14.5. The first-order valence-electron chi connectivity index (χ1n) is 6.42. The van der Waals surface area contributed by atoms with Crippen molar-refractivity contribution in [3.8, 4) is 0 Å². The molecule has 0 saturated carbocycles. The van der Waals surface area contributed by atoms with E-state index in [-0.39, 0.29) is 24.1 Å². The summed E-state index contributed by atoms with van der Waals surface area (Å²) in [6.07, 6.45) is 1.02. The number of aliphatic hydroxyl groups is 1. The van der Waals surface area contributed by atoms with Gasteiger partial charge in [-0.05, 0) is 33.2 Å². The maximum absolute atomic E-state index is 12.2. The molecule has 0 aromatic heterocycles. The van der Waals surface area contributed by atoms with E-state index < -0.39 is 0 Å². The number of piperazine rings is 1. The summed E-state index contributed by atoms with van der Waals surface area (Å²) in [7, 11) is 1.92. The zero-order valence-corrected chi connectivity index (χ0v) is 11.7. The van der Waals surface area contributed by atoms with E-state index in [1.165, 1.54) is 0 Å². The van der Waals surface area contributed by atoms with Gasteiger partial charge >= 0.3 is 0 Å². The molecule has 0 aromatic carbocycles. The lowest BCUT2D eigenvalue weighted by atomic mass is 9.94. The van der Waals surface area contributed by atoms with E-state index in [0.717, 1.165) is 19.5 Å². The Balaban J connectivity index is 2.75. The number of amides is 1. The predicted octanol–water partition coefficient (Wildman–Crippen LogP) is 0.946. The lowest BCUT2D eigenvalue weighted by molar-refractivity contribution is -0.150. The van der Waals surface area contributed by atoms with Crippen LogP contribution in [0, 0.1) is 5.92 Å². The quantitative estimate of drug-likeness (QED) is 0.798. The van der Waals surface area contributed by atoms with Crippen molar-refractivity contribution in [2.24, 2.45) is 5.92 Å². The molecular formula is C13H26N2O2. The van der Waals surface area contributed by atoms with E-state index in [0.29, 0.717) is 5.92 Å². The minimum Gasteiger partial charge on any atom is -0.394 e. The Morgan fingerprint density at radius 1 is 1.47 bits per heavy atom. The number of carbonyl (C=O) groups excluding carboxylic acids is 1. The average Bonchev–Trinajstić information content (AvgIpc) is 2.23. The lowest BCUT2D eigenvalue weighted by Gasteiger charge is -2.49. The second-order valence-electron chi connectivity index (χ2n) is 6.06. The zero-order valence-electron chi connectivity index (χ0n) is 11.7. The van der Waals surface area contributed by atoms with Crippen molar-refractivity contribution in [1.29, 1.82) is 0 Å². The van der Waals surface area contributed by atoms with Gasteiger partial charge in [-0.2, -0.15) is 0 Å². The van der Waals surface area contributed by atoms with Crippen molar-refractivity contribution in [1.82, 2.24) is 9.80 Å². The molecule has 0 aliphatic carbocycles. The van der Waals surface area contributed by atoms with Crippen LogP contribution in [0.15, 0.2) is 0 Å². The molecule has 100 valence electrons. The van der Waals surface area contributed by atoms with Gasteiger partial charge in [-0.25, -0.2) is 0 Å². The minimum absolute atomic E-state index is 0.0648. The van der Waals surface area contributed by atoms with Gasteiger partial charge in [-0.3, -0.25) is 9.69 Å². The van der Waals surface area contributed by atoms with Gasteiger partial charge in [-0.15, -0.1) is 0 Å². The molecule has 17 heavy (non-hydrogen) atoms. The highest BCUT2D eigenvalue weighted by Crippen LogP contribution is 2.24. The molecule has 1 heterocycles. The Hall–Kier alpha value is -0.610. The molecule has 1 amide bonds. The van der Waals surface area contributed by atoms with Crippen LogP contribution in [0.2, 0.25) is 0 Å². The van der Waals surface area contributed by atoms with E-state index in [2.05, 4.69) is 27.7 Å². The first-order chi connectivity index (χ1) is 7.79. The molecule has 4 heteroatoms. The van der Waals surface area contributed by atoms with Gasteiger partial charge in [0.2, 0.25) is 5.91 Å². The van der Waals surface area contributed by atoms with Crippen LogP contribution in [0.5, 0.6) is 0 Å². The summed E-state index contributed by atoms with van der Waals surface area (Å²) in [4.78, 5) is 16.1. The van der Waals surface area contributed by atoms with Crippen LogP contribution in [0.4, 0.5) is 0 Å². The van der Waals surface area contributed by atoms with E-state index in [9.17, 15) is 9.90 Å². The fraction of sp³-hybridized carbons (Fsp3) is 0.923. The third-order valence-electron chi connectivity index (χ3n) is 3.75. The van der Waals surface area contributed by atoms with Gasteiger partial charge in [-0.1, -0.05) is 13.8 Å². The summed E-state index contributed by atoms with van der Waals surface area (Å²) in [5.74, 6) is 0.660. The van der Waals surface area contributed by atoms with Crippen molar-refractivity contribution in [2.75, 3.05) is 26.7 Å². The van der Waals surface area contributed by atoms with Gasteiger partial charge in [0.05, 0.1) is 6.61 Å². The summed E-state index contributed by atoms with van der Waals surface area (Å²) in [6, 6.07) is -0.383. The summed E-state index contributed by atoms with van der Waals surface area (Å²) in [6.45, 7) is 9.99. The Bertz CT molecular complexity index is 277. The number of hydrogen-bond acceptors (Lipinski definition) is 3. The summed E-state index contributed by atoms with van der Waals surface area (Å²) >= 11 is 0. The van der Waals surface area contributed by atoms with E-state index in [4.69, 9.17) is 0 Å². The van der Waals surface area contributed by atoms with Crippen molar-refractivity contribution < 1.29 is 9.90 Å². The average molecular weight is 242 g/mol. The van der Waals surface area contributed by atoms with Crippen molar-refractivity contribution in [3.05, 3.63) is 0 Å². The Labute approximate surface area is 105 Å².